The number of anilines is 3. The Morgan fingerprint density at radius 2 is 1.84 bits per heavy atom. The van der Waals surface area contributed by atoms with E-state index >= 15 is 0 Å². The monoisotopic (exact) mass is 495 g/mol. The predicted octanol–water partition coefficient (Wildman–Crippen LogP) is 3.55. The van der Waals surface area contributed by atoms with Crippen LogP contribution in [0.5, 0.6) is 0 Å². The van der Waals surface area contributed by atoms with Crippen LogP contribution in [0.25, 0.3) is 16.7 Å². The SMILES string of the molecule is CN1CCN(c2ccc(NC(=O)C3=CCNc4ccc(-c5cncc(CN6CCC6)c5)cc43)cn2)CC1. The van der Waals surface area contributed by atoms with Crippen LogP contribution in [0.4, 0.5) is 17.2 Å². The van der Waals surface area contributed by atoms with Crippen LogP contribution in [-0.2, 0) is 11.3 Å². The molecule has 190 valence electrons. The number of carbonyl (C=O) groups excluding carboxylic acids is 1. The summed E-state index contributed by atoms with van der Waals surface area (Å²) in [6, 6.07) is 12.4. The van der Waals surface area contributed by atoms with Gasteiger partial charge in [-0.05, 0) is 68.0 Å². The summed E-state index contributed by atoms with van der Waals surface area (Å²) in [5, 5.41) is 6.44. The maximum absolute atomic E-state index is 13.3. The van der Waals surface area contributed by atoms with Crippen molar-refractivity contribution >= 4 is 28.7 Å². The Labute approximate surface area is 218 Å². The molecule has 8 nitrogen and oxygen atoms in total. The highest BCUT2D eigenvalue weighted by Gasteiger charge is 2.21. The third-order valence-electron chi connectivity index (χ3n) is 7.47. The van der Waals surface area contributed by atoms with Crippen LogP contribution in [0.15, 0.2) is 61.1 Å². The van der Waals surface area contributed by atoms with Gasteiger partial charge in [0.25, 0.3) is 5.91 Å². The highest BCUT2D eigenvalue weighted by Crippen LogP contribution is 2.33. The summed E-state index contributed by atoms with van der Waals surface area (Å²) in [7, 11) is 2.14. The van der Waals surface area contributed by atoms with E-state index < -0.39 is 0 Å². The molecule has 0 atom stereocenters. The second-order valence-corrected chi connectivity index (χ2v) is 10.1. The largest absolute Gasteiger partial charge is 0.381 e. The fraction of sp³-hybridized carbons (Fsp3) is 0.345. The van der Waals surface area contributed by atoms with E-state index in [1.807, 2.05) is 30.6 Å². The average Bonchev–Trinajstić information content (AvgIpc) is 2.91. The number of likely N-dealkylation sites (tertiary alicyclic amines) is 1. The van der Waals surface area contributed by atoms with Crippen molar-refractivity contribution in [1.29, 1.82) is 0 Å². The molecule has 0 saturated carbocycles. The van der Waals surface area contributed by atoms with Gasteiger partial charge in [-0.1, -0.05) is 12.1 Å². The molecule has 0 aliphatic carbocycles. The van der Waals surface area contributed by atoms with Crippen molar-refractivity contribution in [3.8, 4) is 11.1 Å². The standard InChI is InChI=1S/C29H33N7O/c1-34-11-13-36(14-12-34)28-6-4-24(19-32-28)33-29(37)25-7-8-31-27-5-3-22(16-26(25)27)23-15-21(17-30-18-23)20-35-9-2-10-35/h3-7,15-19,31H,2,8-14,20H2,1H3,(H,33,37). The molecule has 0 unspecified atom stereocenters. The Balaban J connectivity index is 1.18. The van der Waals surface area contributed by atoms with Gasteiger partial charge >= 0.3 is 0 Å². The minimum Gasteiger partial charge on any atom is -0.381 e. The van der Waals surface area contributed by atoms with Crippen molar-refractivity contribution in [3.05, 3.63) is 72.2 Å². The van der Waals surface area contributed by atoms with Crippen LogP contribution in [0.1, 0.15) is 17.5 Å². The molecule has 0 bridgehead atoms. The van der Waals surface area contributed by atoms with Gasteiger partial charge in [0.05, 0.1) is 11.9 Å². The number of aromatic nitrogens is 2. The molecule has 2 saturated heterocycles. The molecule has 0 radical (unpaired) electrons. The molecule has 3 aliphatic rings. The van der Waals surface area contributed by atoms with E-state index in [9.17, 15) is 4.79 Å². The first kappa shape index (κ1) is 23.6. The van der Waals surface area contributed by atoms with Crippen LogP contribution >= 0.6 is 0 Å². The summed E-state index contributed by atoms with van der Waals surface area (Å²) in [4.78, 5) is 29.5. The van der Waals surface area contributed by atoms with Gasteiger partial charge < -0.3 is 20.4 Å². The lowest BCUT2D eigenvalue weighted by Crippen LogP contribution is -2.44. The first-order valence-electron chi connectivity index (χ1n) is 13.1. The van der Waals surface area contributed by atoms with Crippen molar-refractivity contribution in [2.45, 2.75) is 13.0 Å². The number of benzene rings is 1. The zero-order valence-corrected chi connectivity index (χ0v) is 21.3. The molecule has 8 heteroatoms. The second kappa shape index (κ2) is 10.3. The van der Waals surface area contributed by atoms with Crippen LogP contribution in [0.3, 0.4) is 0 Å². The Kier molecular flexibility index (Phi) is 6.59. The first-order valence-corrected chi connectivity index (χ1v) is 13.1. The lowest BCUT2D eigenvalue weighted by atomic mass is 9.94. The molecule has 1 amide bonds. The molecule has 2 aromatic heterocycles. The molecule has 5 heterocycles. The maximum atomic E-state index is 13.3. The fourth-order valence-electron chi connectivity index (χ4n) is 5.10. The Bertz CT molecular complexity index is 1310. The Hall–Kier alpha value is -3.75. The van der Waals surface area contributed by atoms with Gasteiger partial charge in [-0.15, -0.1) is 0 Å². The van der Waals surface area contributed by atoms with Crippen molar-refractivity contribution in [2.75, 3.05) is 68.4 Å². The number of piperazine rings is 1. The zero-order valence-electron chi connectivity index (χ0n) is 21.3. The van der Waals surface area contributed by atoms with Crippen molar-refractivity contribution < 1.29 is 4.79 Å². The highest BCUT2D eigenvalue weighted by molar-refractivity contribution is 6.27. The molecule has 1 aromatic carbocycles. The number of fused-ring (bicyclic) bond motifs is 1. The zero-order chi connectivity index (χ0) is 25.2. The highest BCUT2D eigenvalue weighted by atomic mass is 16.1. The molecule has 3 aromatic rings. The molecule has 2 N–H and O–H groups in total. The molecular weight excluding hydrogens is 462 g/mol. The number of rotatable bonds is 6. The smallest absolute Gasteiger partial charge is 0.256 e. The van der Waals surface area contributed by atoms with E-state index in [1.54, 1.807) is 6.20 Å². The van der Waals surface area contributed by atoms with Gasteiger partial charge in [0.15, 0.2) is 0 Å². The average molecular weight is 496 g/mol. The summed E-state index contributed by atoms with van der Waals surface area (Å²) in [5.41, 5.74) is 6.56. The van der Waals surface area contributed by atoms with Gasteiger partial charge in [0, 0.05) is 74.0 Å². The van der Waals surface area contributed by atoms with E-state index in [0.717, 1.165) is 74.0 Å². The van der Waals surface area contributed by atoms with E-state index in [2.05, 4.69) is 66.6 Å². The third kappa shape index (κ3) is 5.21. The molecular formula is C29H33N7O. The van der Waals surface area contributed by atoms with Gasteiger partial charge in [-0.3, -0.25) is 14.7 Å². The van der Waals surface area contributed by atoms with Gasteiger partial charge in [-0.25, -0.2) is 4.98 Å². The lowest BCUT2D eigenvalue weighted by molar-refractivity contribution is -0.111. The Morgan fingerprint density at radius 1 is 0.973 bits per heavy atom. The Morgan fingerprint density at radius 3 is 2.59 bits per heavy atom. The molecule has 37 heavy (non-hydrogen) atoms. The van der Waals surface area contributed by atoms with E-state index in [-0.39, 0.29) is 5.91 Å². The van der Waals surface area contributed by atoms with Crippen LogP contribution in [-0.4, -0.2) is 78.5 Å². The third-order valence-corrected chi connectivity index (χ3v) is 7.47. The van der Waals surface area contributed by atoms with Crippen molar-refractivity contribution in [2.24, 2.45) is 0 Å². The summed E-state index contributed by atoms with van der Waals surface area (Å²) in [5.74, 6) is 0.825. The number of nitrogens with zero attached hydrogens (tertiary/aromatic N) is 5. The molecule has 3 aliphatic heterocycles. The second-order valence-electron chi connectivity index (χ2n) is 10.1. The number of amides is 1. The van der Waals surface area contributed by atoms with Gasteiger partial charge in [0.1, 0.15) is 5.82 Å². The summed E-state index contributed by atoms with van der Waals surface area (Å²) in [6.07, 6.45) is 8.82. The maximum Gasteiger partial charge on any atom is 0.256 e. The number of likely N-dealkylation sites (N-methyl/N-ethyl adjacent to an activating group) is 1. The van der Waals surface area contributed by atoms with Crippen LogP contribution < -0.4 is 15.5 Å². The van der Waals surface area contributed by atoms with Gasteiger partial charge in [0.2, 0.25) is 0 Å². The number of nitrogens with one attached hydrogen (secondary N) is 2. The number of hydrogen-bond donors (Lipinski definition) is 2. The fourth-order valence-corrected chi connectivity index (χ4v) is 5.10. The quantitative estimate of drug-likeness (QED) is 0.542. The first-order chi connectivity index (χ1) is 18.1. The molecule has 6 rings (SSSR count). The van der Waals surface area contributed by atoms with Crippen LogP contribution in [0.2, 0.25) is 0 Å². The lowest BCUT2D eigenvalue weighted by Gasteiger charge is -2.33. The number of hydrogen-bond acceptors (Lipinski definition) is 7. The normalized spacial score (nSPS) is 17.9. The van der Waals surface area contributed by atoms with Crippen molar-refractivity contribution in [3.63, 3.8) is 0 Å². The minimum absolute atomic E-state index is 0.126. The van der Waals surface area contributed by atoms with Crippen molar-refractivity contribution in [1.82, 2.24) is 19.8 Å². The molecule has 2 fully saturated rings. The summed E-state index contributed by atoms with van der Waals surface area (Å²) in [6.45, 7) is 7.85. The van der Waals surface area contributed by atoms with E-state index in [1.165, 1.54) is 12.0 Å². The predicted molar refractivity (Wildman–Crippen MR) is 149 cm³/mol. The number of carbonyl (C=O) groups is 1. The topological polar surface area (TPSA) is 76.6 Å². The summed E-state index contributed by atoms with van der Waals surface area (Å²) >= 11 is 0. The van der Waals surface area contributed by atoms with Crippen LogP contribution in [0, 0.1) is 0 Å². The van der Waals surface area contributed by atoms with E-state index in [4.69, 9.17) is 0 Å². The summed E-state index contributed by atoms with van der Waals surface area (Å²) < 4.78 is 0. The molecule has 0 spiro atoms. The van der Waals surface area contributed by atoms with E-state index in [0.29, 0.717) is 17.8 Å². The number of pyridine rings is 2. The minimum atomic E-state index is -0.126. The van der Waals surface area contributed by atoms with Gasteiger partial charge in [-0.2, -0.15) is 0 Å².